The fourth-order valence-electron chi connectivity index (χ4n) is 3.64. The van der Waals surface area contributed by atoms with Crippen molar-refractivity contribution in [2.24, 2.45) is 0 Å². The lowest BCUT2D eigenvalue weighted by molar-refractivity contribution is -0.115. The molecule has 1 aliphatic heterocycles. The van der Waals surface area contributed by atoms with E-state index in [1.165, 1.54) is 34.3 Å². The van der Waals surface area contributed by atoms with E-state index >= 15 is 0 Å². The first kappa shape index (κ1) is 22.6. The number of amides is 1. The van der Waals surface area contributed by atoms with Crippen molar-refractivity contribution in [3.63, 3.8) is 0 Å². The van der Waals surface area contributed by atoms with Gasteiger partial charge in [0.2, 0.25) is 15.9 Å². The molecule has 2 fully saturated rings. The number of carbonyl (C=O) groups is 1. The van der Waals surface area contributed by atoms with E-state index in [9.17, 15) is 13.2 Å². The number of hydrogen-bond acceptors (Lipinski definition) is 6. The average molecular weight is 484 g/mol. The minimum absolute atomic E-state index is 0.138. The number of anilines is 1. The Morgan fingerprint density at radius 3 is 2.61 bits per heavy atom. The Morgan fingerprint density at radius 2 is 1.94 bits per heavy atom. The molecule has 1 N–H and O–H groups in total. The molecular formula is C20H26ClN5O3S2. The van der Waals surface area contributed by atoms with Crippen LogP contribution < -0.4 is 5.32 Å². The maximum Gasteiger partial charge on any atom is 0.243 e. The minimum atomic E-state index is -3.61. The topological polar surface area (TPSA) is 97.2 Å². The van der Waals surface area contributed by atoms with Crippen molar-refractivity contribution in [2.75, 3.05) is 18.4 Å². The lowest BCUT2D eigenvalue weighted by atomic mass is 10.2. The summed E-state index contributed by atoms with van der Waals surface area (Å²) in [6.07, 6.45) is 4.95. The number of aryl methyl sites for hydroxylation is 1. The fraction of sp³-hybridized carbons (Fsp3) is 0.550. The van der Waals surface area contributed by atoms with Gasteiger partial charge in [0, 0.05) is 19.1 Å². The van der Waals surface area contributed by atoms with E-state index in [1.807, 2.05) is 6.92 Å². The molecule has 8 nitrogen and oxygen atoms in total. The van der Waals surface area contributed by atoms with Crippen LogP contribution in [0.1, 0.15) is 50.9 Å². The molecule has 0 bridgehead atoms. The first-order valence-corrected chi connectivity index (χ1v) is 13.2. The van der Waals surface area contributed by atoms with Gasteiger partial charge in [0.15, 0.2) is 5.16 Å². The summed E-state index contributed by atoms with van der Waals surface area (Å²) < 4.78 is 29.5. The molecule has 1 amide bonds. The molecule has 0 radical (unpaired) electrons. The maximum atomic E-state index is 13.0. The van der Waals surface area contributed by atoms with E-state index in [0.717, 1.165) is 43.1 Å². The molecule has 31 heavy (non-hydrogen) atoms. The van der Waals surface area contributed by atoms with E-state index < -0.39 is 15.3 Å². The van der Waals surface area contributed by atoms with Crippen LogP contribution in [0.4, 0.5) is 5.69 Å². The second-order valence-electron chi connectivity index (χ2n) is 7.99. The normalized spacial score (nSPS) is 18.7. The number of thioether (sulfide) groups is 1. The van der Waals surface area contributed by atoms with Crippen LogP contribution in [0.3, 0.4) is 0 Å². The fourth-order valence-corrected chi connectivity index (χ4v) is 6.32. The second-order valence-corrected chi connectivity index (χ2v) is 11.6. The van der Waals surface area contributed by atoms with Crippen molar-refractivity contribution in [3.05, 3.63) is 29.0 Å². The molecule has 1 saturated carbocycles. The number of carbonyl (C=O) groups excluding carboxylic acids is 1. The average Bonchev–Trinajstić information content (AvgIpc) is 3.53. The van der Waals surface area contributed by atoms with Gasteiger partial charge in [-0.15, -0.1) is 10.2 Å². The third kappa shape index (κ3) is 4.92. The number of rotatable bonds is 7. The molecule has 1 aliphatic carbocycles. The quantitative estimate of drug-likeness (QED) is 0.600. The predicted molar refractivity (Wildman–Crippen MR) is 121 cm³/mol. The molecule has 168 valence electrons. The molecule has 1 aromatic heterocycles. The lowest BCUT2D eigenvalue weighted by Crippen LogP contribution is -2.35. The number of hydrogen-bond donors (Lipinski definition) is 1. The Morgan fingerprint density at radius 1 is 1.23 bits per heavy atom. The number of aromatic nitrogens is 3. The summed E-state index contributed by atoms with van der Waals surface area (Å²) in [6.45, 7) is 4.72. The van der Waals surface area contributed by atoms with Crippen molar-refractivity contribution in [1.29, 1.82) is 0 Å². The highest BCUT2D eigenvalue weighted by atomic mass is 35.5. The molecule has 4 rings (SSSR count). The van der Waals surface area contributed by atoms with E-state index in [4.69, 9.17) is 11.6 Å². The zero-order valence-corrected chi connectivity index (χ0v) is 19.9. The van der Waals surface area contributed by atoms with Gasteiger partial charge in [0.1, 0.15) is 5.82 Å². The molecule has 0 unspecified atom stereocenters. The number of nitrogens with one attached hydrogen (secondary N) is 1. The number of piperidine rings is 1. The molecule has 0 spiro atoms. The molecular weight excluding hydrogens is 458 g/mol. The van der Waals surface area contributed by atoms with E-state index in [-0.39, 0.29) is 16.5 Å². The number of benzene rings is 1. The monoisotopic (exact) mass is 483 g/mol. The van der Waals surface area contributed by atoms with E-state index in [2.05, 4.69) is 20.1 Å². The van der Waals surface area contributed by atoms with Gasteiger partial charge in [-0.1, -0.05) is 29.8 Å². The zero-order chi connectivity index (χ0) is 22.2. The summed E-state index contributed by atoms with van der Waals surface area (Å²) >= 11 is 7.60. The molecule has 2 heterocycles. The summed E-state index contributed by atoms with van der Waals surface area (Å²) in [4.78, 5) is 13.0. The maximum absolute atomic E-state index is 13.0. The van der Waals surface area contributed by atoms with Crippen molar-refractivity contribution >= 4 is 45.0 Å². The zero-order valence-electron chi connectivity index (χ0n) is 17.5. The van der Waals surface area contributed by atoms with Gasteiger partial charge >= 0.3 is 0 Å². The highest BCUT2D eigenvalue weighted by Gasteiger charge is 2.30. The summed E-state index contributed by atoms with van der Waals surface area (Å²) in [6, 6.07) is 4.86. The van der Waals surface area contributed by atoms with Gasteiger partial charge in [0.05, 0.1) is 20.9 Å². The molecule has 1 aromatic carbocycles. The predicted octanol–water partition coefficient (Wildman–Crippen LogP) is 3.87. The third-order valence-electron chi connectivity index (χ3n) is 5.55. The number of halogens is 1. The van der Waals surface area contributed by atoms with Crippen LogP contribution in [-0.2, 0) is 14.8 Å². The molecule has 2 aromatic rings. The van der Waals surface area contributed by atoms with Crippen LogP contribution in [0.25, 0.3) is 0 Å². The van der Waals surface area contributed by atoms with E-state index in [1.54, 1.807) is 6.92 Å². The smallest absolute Gasteiger partial charge is 0.243 e. The molecule has 2 aliphatic rings. The summed E-state index contributed by atoms with van der Waals surface area (Å²) in [5.74, 6) is 0.568. The summed E-state index contributed by atoms with van der Waals surface area (Å²) in [7, 11) is -3.61. The first-order valence-electron chi connectivity index (χ1n) is 10.5. The molecule has 1 saturated heterocycles. The van der Waals surface area contributed by atoms with Gasteiger partial charge in [-0.25, -0.2) is 8.42 Å². The van der Waals surface area contributed by atoms with Gasteiger partial charge < -0.3 is 9.88 Å². The molecule has 11 heteroatoms. The highest BCUT2D eigenvalue weighted by Crippen LogP contribution is 2.39. The van der Waals surface area contributed by atoms with Crippen LogP contribution in [0, 0.1) is 6.92 Å². The molecule has 1 atom stereocenters. The van der Waals surface area contributed by atoms with Crippen LogP contribution in [-0.4, -0.2) is 51.7 Å². The summed E-state index contributed by atoms with van der Waals surface area (Å²) in [5, 5.41) is 11.7. The Balaban J connectivity index is 1.48. The Kier molecular flexibility index (Phi) is 6.62. The Bertz CT molecular complexity index is 1080. The van der Waals surface area contributed by atoms with Gasteiger partial charge in [0.25, 0.3) is 0 Å². The van der Waals surface area contributed by atoms with Gasteiger partial charge in [-0.05, 0) is 57.7 Å². The van der Waals surface area contributed by atoms with Gasteiger partial charge in [-0.3, -0.25) is 4.79 Å². The van der Waals surface area contributed by atoms with Gasteiger partial charge in [-0.2, -0.15) is 4.31 Å². The largest absolute Gasteiger partial charge is 0.324 e. The first-order chi connectivity index (χ1) is 14.8. The second kappa shape index (κ2) is 9.09. The minimum Gasteiger partial charge on any atom is -0.324 e. The number of sulfonamides is 1. The van der Waals surface area contributed by atoms with Crippen LogP contribution >= 0.6 is 23.4 Å². The highest BCUT2D eigenvalue weighted by molar-refractivity contribution is 8.00. The number of nitrogens with zero attached hydrogens (tertiary/aromatic N) is 4. The van der Waals surface area contributed by atoms with E-state index in [0.29, 0.717) is 24.2 Å². The SMILES string of the molecule is Cc1nnc(S[C@@H](C)C(=O)Nc2cc(S(=O)(=O)N3CCCCC3)ccc2Cl)n1C1CC1. The van der Waals surface area contributed by atoms with Crippen molar-refractivity contribution in [2.45, 2.75) is 67.3 Å². The lowest BCUT2D eigenvalue weighted by Gasteiger charge is -2.26. The Labute approximate surface area is 191 Å². The Hall–Kier alpha value is -1.62. The van der Waals surface area contributed by atoms with Crippen molar-refractivity contribution < 1.29 is 13.2 Å². The summed E-state index contributed by atoms with van der Waals surface area (Å²) in [5.41, 5.74) is 0.289. The van der Waals surface area contributed by atoms with Crippen LogP contribution in [0.5, 0.6) is 0 Å². The van der Waals surface area contributed by atoms with Crippen molar-refractivity contribution in [1.82, 2.24) is 19.1 Å². The van der Waals surface area contributed by atoms with Crippen LogP contribution in [0.15, 0.2) is 28.3 Å². The standard InChI is InChI=1S/C20H26ClN5O3S2/c1-13(30-20-24-23-14(2)26(20)15-6-7-15)19(27)22-18-12-16(8-9-17(18)21)31(28,29)25-10-4-3-5-11-25/h8-9,12-13,15H,3-7,10-11H2,1-2H3,(H,22,27)/t13-/m0/s1. The van der Waals surface area contributed by atoms with Crippen LogP contribution in [0.2, 0.25) is 5.02 Å². The van der Waals surface area contributed by atoms with Crippen molar-refractivity contribution in [3.8, 4) is 0 Å². The third-order valence-corrected chi connectivity index (χ3v) is 8.83.